The number of rotatable bonds is 3. The molecule has 18 heavy (non-hydrogen) atoms. The largest absolute Gasteiger partial charge is 0.373 e. The molecule has 1 N–H and O–H groups in total. The Morgan fingerprint density at radius 1 is 1.33 bits per heavy atom. The SMILES string of the molecule is CNc1ncc(Cl)cc1-c1ccc([N+](=O)[O-])cc1. The number of pyridine rings is 1. The molecule has 0 unspecified atom stereocenters. The van der Waals surface area contributed by atoms with Gasteiger partial charge in [-0.05, 0) is 23.8 Å². The molecule has 5 nitrogen and oxygen atoms in total. The van der Waals surface area contributed by atoms with Crippen LogP contribution in [0, 0.1) is 10.1 Å². The van der Waals surface area contributed by atoms with Crippen molar-refractivity contribution in [2.45, 2.75) is 0 Å². The summed E-state index contributed by atoms with van der Waals surface area (Å²) in [6.45, 7) is 0. The zero-order valence-corrected chi connectivity index (χ0v) is 10.3. The minimum atomic E-state index is -0.432. The first kappa shape index (κ1) is 12.3. The summed E-state index contributed by atoms with van der Waals surface area (Å²) >= 11 is 5.91. The number of nitro groups is 1. The summed E-state index contributed by atoms with van der Waals surface area (Å²) in [6.07, 6.45) is 1.54. The lowest BCUT2D eigenvalue weighted by molar-refractivity contribution is -0.384. The predicted molar refractivity (Wildman–Crippen MR) is 70.9 cm³/mol. The van der Waals surface area contributed by atoms with E-state index in [2.05, 4.69) is 10.3 Å². The summed E-state index contributed by atoms with van der Waals surface area (Å²) in [5.74, 6) is 0.674. The number of halogens is 1. The van der Waals surface area contributed by atoms with E-state index in [9.17, 15) is 10.1 Å². The second-order valence-electron chi connectivity index (χ2n) is 3.60. The van der Waals surface area contributed by atoms with Gasteiger partial charge in [0.05, 0.1) is 9.95 Å². The first-order valence-corrected chi connectivity index (χ1v) is 5.57. The van der Waals surface area contributed by atoms with Gasteiger partial charge in [0.15, 0.2) is 0 Å². The van der Waals surface area contributed by atoms with Gasteiger partial charge < -0.3 is 5.32 Å². The summed E-state index contributed by atoms with van der Waals surface area (Å²) in [5.41, 5.74) is 1.68. The van der Waals surface area contributed by atoms with Crippen LogP contribution in [0.3, 0.4) is 0 Å². The van der Waals surface area contributed by atoms with Gasteiger partial charge >= 0.3 is 0 Å². The molecular formula is C12H10ClN3O2. The summed E-state index contributed by atoms with van der Waals surface area (Å²) in [4.78, 5) is 14.3. The number of nitrogens with one attached hydrogen (secondary N) is 1. The Labute approximate surface area is 109 Å². The molecule has 2 aromatic rings. The molecule has 0 spiro atoms. The fourth-order valence-corrected chi connectivity index (χ4v) is 1.78. The van der Waals surface area contributed by atoms with Crippen LogP contribution >= 0.6 is 11.6 Å². The summed E-state index contributed by atoms with van der Waals surface area (Å²) < 4.78 is 0. The van der Waals surface area contributed by atoms with Crippen LogP contribution in [0.1, 0.15) is 0 Å². The maximum atomic E-state index is 10.6. The predicted octanol–water partition coefficient (Wildman–Crippen LogP) is 3.35. The van der Waals surface area contributed by atoms with Crippen molar-refractivity contribution in [1.29, 1.82) is 0 Å². The van der Waals surface area contributed by atoms with E-state index in [1.165, 1.54) is 12.1 Å². The van der Waals surface area contributed by atoms with Gasteiger partial charge in [0.25, 0.3) is 5.69 Å². The number of aromatic nitrogens is 1. The zero-order valence-electron chi connectivity index (χ0n) is 9.55. The maximum absolute atomic E-state index is 10.6. The Kier molecular flexibility index (Phi) is 3.43. The van der Waals surface area contributed by atoms with Crippen LogP contribution in [0.25, 0.3) is 11.1 Å². The topological polar surface area (TPSA) is 68.1 Å². The third-order valence-electron chi connectivity index (χ3n) is 2.48. The standard InChI is InChI=1S/C12H10ClN3O2/c1-14-12-11(6-9(13)7-15-12)8-2-4-10(5-3-8)16(17)18/h2-7H,1H3,(H,14,15). The average molecular weight is 264 g/mol. The molecular weight excluding hydrogens is 254 g/mol. The Morgan fingerprint density at radius 3 is 2.56 bits per heavy atom. The molecule has 0 amide bonds. The van der Waals surface area contributed by atoms with Crippen LogP contribution in [-0.4, -0.2) is 17.0 Å². The van der Waals surface area contributed by atoms with Gasteiger partial charge in [0.2, 0.25) is 0 Å². The molecule has 0 aliphatic carbocycles. The normalized spacial score (nSPS) is 10.1. The number of hydrogen-bond donors (Lipinski definition) is 1. The quantitative estimate of drug-likeness (QED) is 0.681. The molecule has 1 aromatic carbocycles. The lowest BCUT2D eigenvalue weighted by atomic mass is 10.1. The Hall–Kier alpha value is -2.14. The van der Waals surface area contributed by atoms with Crippen LogP contribution in [0.4, 0.5) is 11.5 Å². The van der Waals surface area contributed by atoms with Crippen molar-refractivity contribution in [1.82, 2.24) is 4.98 Å². The molecule has 0 radical (unpaired) electrons. The van der Waals surface area contributed by atoms with Crippen molar-refractivity contribution in [2.24, 2.45) is 0 Å². The van der Waals surface area contributed by atoms with Crippen molar-refractivity contribution in [3.05, 3.63) is 51.7 Å². The maximum Gasteiger partial charge on any atom is 0.269 e. The van der Waals surface area contributed by atoms with E-state index in [-0.39, 0.29) is 5.69 Å². The molecule has 1 heterocycles. The van der Waals surface area contributed by atoms with Gasteiger partial charge in [0, 0.05) is 30.9 Å². The van der Waals surface area contributed by atoms with Crippen LogP contribution < -0.4 is 5.32 Å². The van der Waals surface area contributed by atoms with Gasteiger partial charge in [-0.3, -0.25) is 10.1 Å². The monoisotopic (exact) mass is 263 g/mol. The Morgan fingerprint density at radius 2 is 2.00 bits per heavy atom. The van der Waals surface area contributed by atoms with Crippen molar-refractivity contribution in [3.63, 3.8) is 0 Å². The number of nitrogens with zero attached hydrogens (tertiary/aromatic N) is 2. The third kappa shape index (κ3) is 2.41. The first-order valence-electron chi connectivity index (χ1n) is 5.20. The van der Waals surface area contributed by atoms with E-state index < -0.39 is 4.92 Å². The fraction of sp³-hybridized carbons (Fsp3) is 0.0833. The fourth-order valence-electron chi connectivity index (χ4n) is 1.62. The Balaban J connectivity index is 2.48. The van der Waals surface area contributed by atoms with Gasteiger partial charge in [-0.25, -0.2) is 4.98 Å². The highest BCUT2D eigenvalue weighted by Crippen LogP contribution is 2.29. The third-order valence-corrected chi connectivity index (χ3v) is 2.69. The number of hydrogen-bond acceptors (Lipinski definition) is 4. The molecule has 92 valence electrons. The van der Waals surface area contributed by atoms with E-state index in [4.69, 9.17) is 11.6 Å². The van der Waals surface area contributed by atoms with Crippen molar-refractivity contribution in [2.75, 3.05) is 12.4 Å². The lowest BCUT2D eigenvalue weighted by Gasteiger charge is -2.08. The minimum Gasteiger partial charge on any atom is -0.373 e. The highest BCUT2D eigenvalue weighted by molar-refractivity contribution is 6.30. The van der Waals surface area contributed by atoms with Gasteiger partial charge in [0.1, 0.15) is 5.82 Å². The van der Waals surface area contributed by atoms with Crippen molar-refractivity contribution in [3.8, 4) is 11.1 Å². The molecule has 0 saturated carbocycles. The molecule has 1 aromatic heterocycles. The molecule has 6 heteroatoms. The number of benzene rings is 1. The molecule has 0 atom stereocenters. The van der Waals surface area contributed by atoms with Crippen molar-refractivity contribution >= 4 is 23.1 Å². The molecule has 0 bridgehead atoms. The molecule has 0 aliphatic rings. The molecule has 2 rings (SSSR count). The lowest BCUT2D eigenvalue weighted by Crippen LogP contribution is -1.95. The smallest absolute Gasteiger partial charge is 0.269 e. The minimum absolute atomic E-state index is 0.0553. The second kappa shape index (κ2) is 5.01. The van der Waals surface area contributed by atoms with E-state index in [0.717, 1.165) is 11.1 Å². The van der Waals surface area contributed by atoms with Crippen LogP contribution in [0.5, 0.6) is 0 Å². The van der Waals surface area contributed by atoms with Gasteiger partial charge in [-0.2, -0.15) is 0 Å². The zero-order chi connectivity index (χ0) is 13.1. The highest BCUT2D eigenvalue weighted by Gasteiger charge is 2.09. The summed E-state index contributed by atoms with van der Waals surface area (Å²) in [5, 5.41) is 14.1. The van der Waals surface area contributed by atoms with Crippen molar-refractivity contribution < 1.29 is 4.92 Å². The van der Waals surface area contributed by atoms with Crippen LogP contribution in [0.15, 0.2) is 36.5 Å². The molecule has 0 fully saturated rings. The second-order valence-corrected chi connectivity index (χ2v) is 4.04. The number of anilines is 1. The summed E-state index contributed by atoms with van der Waals surface area (Å²) in [7, 11) is 1.76. The van der Waals surface area contributed by atoms with Gasteiger partial charge in [-0.1, -0.05) is 11.6 Å². The van der Waals surface area contributed by atoms with Gasteiger partial charge in [-0.15, -0.1) is 0 Å². The number of non-ortho nitro benzene ring substituents is 1. The van der Waals surface area contributed by atoms with E-state index in [1.807, 2.05) is 0 Å². The first-order chi connectivity index (χ1) is 8.61. The van der Waals surface area contributed by atoms with E-state index >= 15 is 0 Å². The highest BCUT2D eigenvalue weighted by atomic mass is 35.5. The summed E-state index contributed by atoms with van der Waals surface area (Å²) in [6, 6.07) is 8.02. The van der Waals surface area contributed by atoms with Crippen LogP contribution in [-0.2, 0) is 0 Å². The Bertz CT molecular complexity index is 584. The van der Waals surface area contributed by atoms with E-state index in [1.54, 1.807) is 31.4 Å². The van der Waals surface area contributed by atoms with Crippen LogP contribution in [0.2, 0.25) is 5.02 Å². The molecule has 0 saturated heterocycles. The molecule has 0 aliphatic heterocycles. The average Bonchev–Trinajstić information content (AvgIpc) is 2.39. The van der Waals surface area contributed by atoms with E-state index in [0.29, 0.717) is 10.8 Å². The number of nitro benzene ring substituents is 1.